The van der Waals surface area contributed by atoms with Gasteiger partial charge in [-0.25, -0.2) is 9.59 Å². The number of nitrogens with zero attached hydrogens (tertiary/aromatic N) is 4. The molecule has 0 amide bonds. The van der Waals surface area contributed by atoms with Crippen molar-refractivity contribution < 1.29 is 19.8 Å². The molecular weight excluding hydrogens is 793 g/mol. The number of carbonyl (C=O) groups is 2. The van der Waals surface area contributed by atoms with Gasteiger partial charge in [0.05, 0.1) is 66.9 Å². The molecule has 302 valence electrons. The van der Waals surface area contributed by atoms with Crippen molar-refractivity contribution in [1.82, 2.24) is 18.3 Å². The summed E-state index contributed by atoms with van der Waals surface area (Å²) in [6.45, 7) is 0. The Morgan fingerprint density at radius 2 is 0.422 bits per heavy atom. The van der Waals surface area contributed by atoms with Gasteiger partial charge in [0.25, 0.3) is 0 Å². The van der Waals surface area contributed by atoms with Gasteiger partial charge in [-0.3, -0.25) is 0 Å². The second kappa shape index (κ2) is 13.3. The molecule has 8 nitrogen and oxygen atoms in total. The van der Waals surface area contributed by atoms with Gasteiger partial charge in [0.15, 0.2) is 0 Å². The van der Waals surface area contributed by atoms with Crippen LogP contribution in [0.5, 0.6) is 0 Å². The highest BCUT2D eigenvalue weighted by Crippen LogP contribution is 2.49. The third-order valence-electron chi connectivity index (χ3n) is 13.0. The van der Waals surface area contributed by atoms with Crippen LogP contribution in [0, 0.1) is 0 Å². The zero-order valence-corrected chi connectivity index (χ0v) is 34.0. The minimum atomic E-state index is -1.27. The fourth-order valence-corrected chi connectivity index (χ4v) is 10.6. The van der Waals surface area contributed by atoms with Crippen molar-refractivity contribution >= 4 is 99.2 Å². The highest BCUT2D eigenvalue weighted by Gasteiger charge is 2.38. The zero-order valence-electron chi connectivity index (χ0n) is 34.0. The first kappa shape index (κ1) is 35.8. The number of rotatable bonds is 6. The molecule has 2 N–H and O–H groups in total. The first-order valence-corrected chi connectivity index (χ1v) is 21.2. The van der Waals surface area contributed by atoms with Gasteiger partial charge >= 0.3 is 11.9 Å². The molecule has 0 aliphatic carbocycles. The molecule has 0 saturated heterocycles. The lowest BCUT2D eigenvalue weighted by Crippen LogP contribution is -2.23. The third kappa shape index (κ3) is 4.71. The number of hydrogen-bond acceptors (Lipinski definition) is 2. The molecule has 0 saturated carbocycles. The van der Waals surface area contributed by atoms with Gasteiger partial charge in [0.1, 0.15) is 11.1 Å². The lowest BCUT2D eigenvalue weighted by atomic mass is 9.97. The van der Waals surface area contributed by atoms with Crippen LogP contribution in [0.25, 0.3) is 110 Å². The van der Waals surface area contributed by atoms with Crippen molar-refractivity contribution in [3.05, 3.63) is 205 Å². The third-order valence-corrected chi connectivity index (χ3v) is 13.0. The first-order chi connectivity index (χ1) is 31.5. The van der Waals surface area contributed by atoms with E-state index in [-0.39, 0.29) is 16.8 Å². The smallest absolute Gasteiger partial charge is 0.340 e. The van der Waals surface area contributed by atoms with Gasteiger partial charge in [-0.2, -0.15) is 0 Å². The molecule has 0 unspecified atom stereocenters. The van der Waals surface area contributed by atoms with E-state index in [1.54, 1.807) is 0 Å². The summed E-state index contributed by atoms with van der Waals surface area (Å²) < 4.78 is 8.06. The first-order valence-electron chi connectivity index (χ1n) is 21.2. The molecule has 9 aromatic carbocycles. The monoisotopic (exact) mass is 826 g/mol. The van der Waals surface area contributed by atoms with E-state index in [2.05, 4.69) is 41.0 Å². The number of para-hydroxylation sites is 8. The van der Waals surface area contributed by atoms with Crippen LogP contribution < -0.4 is 0 Å². The summed E-state index contributed by atoms with van der Waals surface area (Å²) in [5, 5.41) is 31.8. The Bertz CT molecular complexity index is 3800. The number of aromatic nitrogens is 4. The lowest BCUT2D eigenvalue weighted by molar-refractivity contribution is 0.0696. The van der Waals surface area contributed by atoms with Crippen molar-refractivity contribution in [2.75, 3.05) is 0 Å². The predicted octanol–water partition coefficient (Wildman–Crippen LogP) is 13.5. The molecule has 13 aromatic rings. The van der Waals surface area contributed by atoms with E-state index in [1.165, 1.54) is 0 Å². The predicted molar refractivity (Wildman–Crippen MR) is 258 cm³/mol. The zero-order chi connectivity index (χ0) is 42.8. The van der Waals surface area contributed by atoms with Gasteiger partial charge in [-0.1, -0.05) is 146 Å². The Morgan fingerprint density at radius 1 is 0.250 bits per heavy atom. The minimum Gasteiger partial charge on any atom is -0.478 e. The van der Waals surface area contributed by atoms with Crippen molar-refractivity contribution in [2.24, 2.45) is 0 Å². The van der Waals surface area contributed by atoms with Crippen molar-refractivity contribution in [1.29, 1.82) is 0 Å². The normalized spacial score (nSPS) is 12.0. The van der Waals surface area contributed by atoms with E-state index in [4.69, 9.17) is 0 Å². The summed E-state index contributed by atoms with van der Waals surface area (Å²) >= 11 is 0. The Labute approximate surface area is 363 Å². The molecule has 64 heavy (non-hydrogen) atoms. The lowest BCUT2D eigenvalue weighted by Gasteiger charge is -2.28. The summed E-state index contributed by atoms with van der Waals surface area (Å²) in [6, 6.07) is 63.9. The van der Waals surface area contributed by atoms with Gasteiger partial charge < -0.3 is 28.5 Å². The number of fused-ring (bicyclic) bond motifs is 12. The average molecular weight is 827 g/mol. The number of aromatic carboxylic acids is 2. The van der Waals surface area contributed by atoms with Crippen LogP contribution in [-0.2, 0) is 0 Å². The van der Waals surface area contributed by atoms with Gasteiger partial charge in [0, 0.05) is 43.1 Å². The van der Waals surface area contributed by atoms with Crippen LogP contribution >= 0.6 is 0 Å². The molecule has 4 heterocycles. The molecule has 0 fully saturated rings. The number of carboxylic acids is 2. The van der Waals surface area contributed by atoms with Crippen LogP contribution in [-0.4, -0.2) is 40.4 Å². The Kier molecular flexibility index (Phi) is 7.45. The maximum absolute atomic E-state index is 15.0. The fourth-order valence-electron chi connectivity index (χ4n) is 10.6. The SMILES string of the molecule is O=C(O)c1c(-n2c3ccccc3c3ccccc32)c(C(=O)O)c(-n2c3ccccc3c3ccccc32)c(-n2c3ccccc3c3ccccc32)c1-n1c2ccccc2c2ccccc21. The Morgan fingerprint density at radius 3 is 0.625 bits per heavy atom. The molecule has 0 atom stereocenters. The van der Waals surface area contributed by atoms with E-state index in [9.17, 15) is 19.8 Å². The summed E-state index contributed by atoms with van der Waals surface area (Å²) in [5.74, 6) is -2.54. The van der Waals surface area contributed by atoms with Crippen LogP contribution in [0.4, 0.5) is 0 Å². The molecule has 0 spiro atoms. The molecule has 0 radical (unpaired) electrons. The molecule has 0 bridgehead atoms. The molecule has 13 rings (SSSR count). The second-order valence-corrected chi connectivity index (χ2v) is 16.2. The quantitative estimate of drug-likeness (QED) is 0.175. The number of benzene rings is 9. The standard InChI is InChI=1S/C56H34N4O4/c61-55(62)49-51(57-41-25-9-1-17-33(41)34-18-2-10-26-42(34)57)50(56(63)64)53(59-45-29-13-5-21-37(45)38-22-6-14-30-46(38)59)54(60-47-31-15-7-23-39(47)40-24-8-16-32-48(40)60)52(49)58-43-27-11-3-19-35(43)36-20-4-12-28-44(36)58/h1-32H,(H,61,62)(H,63,64). The highest BCUT2D eigenvalue weighted by molar-refractivity contribution is 6.20. The molecule has 0 aliphatic heterocycles. The average Bonchev–Trinajstić information content (AvgIpc) is 4.06. The maximum atomic E-state index is 15.0. The molecule has 4 aromatic heterocycles. The van der Waals surface area contributed by atoms with E-state index in [0.29, 0.717) is 28.1 Å². The van der Waals surface area contributed by atoms with Gasteiger partial charge in [-0.15, -0.1) is 0 Å². The second-order valence-electron chi connectivity index (χ2n) is 16.2. The van der Waals surface area contributed by atoms with E-state index >= 15 is 0 Å². The van der Waals surface area contributed by atoms with Crippen LogP contribution in [0.1, 0.15) is 20.7 Å². The summed E-state index contributed by atoms with van der Waals surface area (Å²) in [7, 11) is 0. The van der Waals surface area contributed by atoms with Gasteiger partial charge in [-0.05, 0) is 48.5 Å². The Hall–Kier alpha value is -8.88. The molecule has 8 heteroatoms. The molecule has 0 aliphatic rings. The van der Waals surface area contributed by atoms with Crippen LogP contribution in [0.3, 0.4) is 0 Å². The van der Waals surface area contributed by atoms with E-state index in [1.807, 2.05) is 171 Å². The number of carboxylic acid groups (broad SMARTS) is 2. The summed E-state index contributed by atoms with van der Waals surface area (Å²) in [6.07, 6.45) is 0. The van der Waals surface area contributed by atoms with Crippen LogP contribution in [0.15, 0.2) is 194 Å². The van der Waals surface area contributed by atoms with Crippen LogP contribution in [0.2, 0.25) is 0 Å². The largest absolute Gasteiger partial charge is 0.478 e. The topological polar surface area (TPSA) is 94.3 Å². The fraction of sp³-hybridized carbons (Fsp3) is 0. The minimum absolute atomic E-state index is 0.0515. The summed E-state index contributed by atoms with van der Waals surface area (Å²) in [5.41, 5.74) is 6.86. The van der Waals surface area contributed by atoms with Gasteiger partial charge in [0.2, 0.25) is 0 Å². The summed E-state index contributed by atoms with van der Waals surface area (Å²) in [4.78, 5) is 30.0. The van der Waals surface area contributed by atoms with Crippen molar-refractivity contribution in [3.8, 4) is 22.7 Å². The highest BCUT2D eigenvalue weighted by atomic mass is 16.4. The Balaban J connectivity index is 1.42. The maximum Gasteiger partial charge on any atom is 0.340 e. The van der Waals surface area contributed by atoms with E-state index in [0.717, 1.165) is 76.2 Å². The number of hydrogen-bond donors (Lipinski definition) is 2. The van der Waals surface area contributed by atoms with Crippen molar-refractivity contribution in [2.45, 2.75) is 0 Å². The molecular formula is C56H34N4O4. The van der Waals surface area contributed by atoms with E-state index < -0.39 is 11.9 Å². The van der Waals surface area contributed by atoms with Crippen molar-refractivity contribution in [3.63, 3.8) is 0 Å².